The second-order valence-corrected chi connectivity index (χ2v) is 5.32. The number of rotatable bonds is 4. The van der Waals surface area contributed by atoms with Crippen LogP contribution in [0.2, 0.25) is 0 Å². The predicted molar refractivity (Wildman–Crippen MR) is 61.5 cm³/mol. The van der Waals surface area contributed by atoms with E-state index in [-0.39, 0.29) is 0 Å². The van der Waals surface area contributed by atoms with Crippen LogP contribution < -0.4 is 5.32 Å². The first-order valence-electron chi connectivity index (χ1n) is 6.61. The third-order valence-electron chi connectivity index (χ3n) is 4.45. The first-order chi connectivity index (χ1) is 6.87. The number of hydrogen-bond donors (Lipinski definition) is 1. The highest BCUT2D eigenvalue weighted by Gasteiger charge is 2.42. The van der Waals surface area contributed by atoms with Crippen LogP contribution in [0.5, 0.6) is 0 Å². The standard InChI is InChI=1S/C13H25N/c1-2-3-5-8-13-9-6-4-7-12(13)14-11-10-13/h12,14H,2-11H2,1H3. The van der Waals surface area contributed by atoms with Crippen molar-refractivity contribution in [2.75, 3.05) is 6.54 Å². The zero-order chi connectivity index (χ0) is 9.86. The second-order valence-electron chi connectivity index (χ2n) is 5.32. The van der Waals surface area contributed by atoms with E-state index in [4.69, 9.17) is 0 Å². The molecule has 0 aromatic rings. The van der Waals surface area contributed by atoms with Crippen molar-refractivity contribution >= 4 is 0 Å². The first-order valence-corrected chi connectivity index (χ1v) is 6.61. The Labute approximate surface area is 88.7 Å². The summed E-state index contributed by atoms with van der Waals surface area (Å²) in [5.41, 5.74) is 0.730. The highest BCUT2D eigenvalue weighted by Crippen LogP contribution is 2.46. The van der Waals surface area contributed by atoms with Crippen molar-refractivity contribution in [3.8, 4) is 0 Å². The van der Waals surface area contributed by atoms with Gasteiger partial charge in [-0.05, 0) is 37.6 Å². The summed E-state index contributed by atoms with van der Waals surface area (Å²) < 4.78 is 0. The van der Waals surface area contributed by atoms with Crippen molar-refractivity contribution in [1.29, 1.82) is 0 Å². The molecule has 82 valence electrons. The van der Waals surface area contributed by atoms with E-state index in [0.717, 1.165) is 11.5 Å². The molecule has 1 N–H and O–H groups in total. The lowest BCUT2D eigenvalue weighted by Crippen LogP contribution is -2.39. The molecule has 1 aliphatic carbocycles. The van der Waals surface area contributed by atoms with Gasteiger partial charge in [-0.25, -0.2) is 0 Å². The monoisotopic (exact) mass is 195 g/mol. The van der Waals surface area contributed by atoms with E-state index in [1.165, 1.54) is 64.3 Å². The Bertz CT molecular complexity index is 178. The predicted octanol–water partition coefficient (Wildman–Crippen LogP) is 3.49. The summed E-state index contributed by atoms with van der Waals surface area (Å²) in [6.07, 6.45) is 13.1. The van der Waals surface area contributed by atoms with E-state index >= 15 is 0 Å². The molecule has 0 radical (unpaired) electrons. The molecule has 14 heavy (non-hydrogen) atoms. The van der Waals surface area contributed by atoms with Crippen LogP contribution in [-0.2, 0) is 0 Å². The molecule has 1 heteroatoms. The number of nitrogens with one attached hydrogen (secondary N) is 1. The van der Waals surface area contributed by atoms with Crippen LogP contribution in [0.3, 0.4) is 0 Å². The van der Waals surface area contributed by atoms with Gasteiger partial charge in [-0.3, -0.25) is 0 Å². The molecule has 0 aromatic carbocycles. The van der Waals surface area contributed by atoms with E-state index < -0.39 is 0 Å². The van der Waals surface area contributed by atoms with Crippen molar-refractivity contribution in [2.24, 2.45) is 5.41 Å². The molecular formula is C13H25N. The van der Waals surface area contributed by atoms with E-state index in [1.807, 2.05) is 0 Å². The molecule has 0 spiro atoms. The fourth-order valence-corrected chi connectivity index (χ4v) is 3.57. The number of hydrogen-bond acceptors (Lipinski definition) is 1. The molecule has 0 bridgehead atoms. The maximum Gasteiger partial charge on any atom is 0.0124 e. The van der Waals surface area contributed by atoms with E-state index in [1.54, 1.807) is 0 Å². The molecule has 0 amide bonds. The minimum atomic E-state index is 0.730. The topological polar surface area (TPSA) is 12.0 Å². The van der Waals surface area contributed by atoms with Gasteiger partial charge < -0.3 is 5.32 Å². The van der Waals surface area contributed by atoms with E-state index in [2.05, 4.69) is 12.2 Å². The third kappa shape index (κ3) is 1.98. The maximum absolute atomic E-state index is 3.73. The molecule has 2 aliphatic rings. The van der Waals surface area contributed by atoms with Crippen molar-refractivity contribution in [3.63, 3.8) is 0 Å². The Morgan fingerprint density at radius 2 is 2.14 bits per heavy atom. The first kappa shape index (κ1) is 10.5. The second kappa shape index (κ2) is 4.65. The lowest BCUT2D eigenvalue weighted by atomic mass is 9.68. The van der Waals surface area contributed by atoms with E-state index in [0.29, 0.717) is 0 Å². The smallest absolute Gasteiger partial charge is 0.0124 e. The van der Waals surface area contributed by atoms with Gasteiger partial charge in [-0.1, -0.05) is 39.0 Å². The Hall–Kier alpha value is -0.0400. The van der Waals surface area contributed by atoms with Gasteiger partial charge in [0.25, 0.3) is 0 Å². The highest BCUT2D eigenvalue weighted by molar-refractivity contribution is 4.99. The molecule has 1 saturated carbocycles. The van der Waals surface area contributed by atoms with Crippen LogP contribution in [0.4, 0.5) is 0 Å². The Morgan fingerprint density at radius 1 is 1.21 bits per heavy atom. The lowest BCUT2D eigenvalue weighted by molar-refractivity contribution is 0.152. The molecule has 2 unspecified atom stereocenters. The van der Waals surface area contributed by atoms with Crippen LogP contribution in [0, 0.1) is 5.41 Å². The molecule has 0 aromatic heterocycles. The van der Waals surface area contributed by atoms with Gasteiger partial charge in [-0.2, -0.15) is 0 Å². The number of unbranched alkanes of at least 4 members (excludes halogenated alkanes) is 2. The highest BCUT2D eigenvalue weighted by atomic mass is 15.0. The summed E-state index contributed by atoms with van der Waals surface area (Å²) in [4.78, 5) is 0. The Balaban J connectivity index is 1.89. The summed E-state index contributed by atoms with van der Waals surface area (Å²) in [5, 5.41) is 3.73. The van der Waals surface area contributed by atoms with Gasteiger partial charge >= 0.3 is 0 Å². The summed E-state index contributed by atoms with van der Waals surface area (Å²) in [7, 11) is 0. The average molecular weight is 195 g/mol. The molecule has 1 aliphatic heterocycles. The number of fused-ring (bicyclic) bond motifs is 1. The molecule has 1 heterocycles. The third-order valence-corrected chi connectivity index (χ3v) is 4.45. The van der Waals surface area contributed by atoms with Gasteiger partial charge in [0.1, 0.15) is 0 Å². The molecule has 2 fully saturated rings. The summed E-state index contributed by atoms with van der Waals surface area (Å²) >= 11 is 0. The van der Waals surface area contributed by atoms with Crippen LogP contribution in [-0.4, -0.2) is 12.6 Å². The normalized spacial score (nSPS) is 37.1. The van der Waals surface area contributed by atoms with Gasteiger partial charge in [-0.15, -0.1) is 0 Å². The largest absolute Gasteiger partial charge is 0.313 e. The maximum atomic E-state index is 3.73. The van der Waals surface area contributed by atoms with Gasteiger partial charge in [0.15, 0.2) is 0 Å². The van der Waals surface area contributed by atoms with Crippen molar-refractivity contribution in [1.82, 2.24) is 5.32 Å². The fourth-order valence-electron chi connectivity index (χ4n) is 3.57. The Kier molecular flexibility index (Phi) is 3.48. The van der Waals surface area contributed by atoms with Crippen molar-refractivity contribution < 1.29 is 0 Å². The van der Waals surface area contributed by atoms with E-state index in [9.17, 15) is 0 Å². The van der Waals surface area contributed by atoms with Crippen LogP contribution in [0.1, 0.15) is 64.7 Å². The van der Waals surface area contributed by atoms with Gasteiger partial charge in [0.2, 0.25) is 0 Å². The van der Waals surface area contributed by atoms with Crippen LogP contribution in [0.25, 0.3) is 0 Å². The summed E-state index contributed by atoms with van der Waals surface area (Å²) in [6, 6.07) is 0.883. The SMILES string of the molecule is CCCCCC12CCCCC1NCC2. The molecule has 1 saturated heterocycles. The van der Waals surface area contributed by atoms with Crippen LogP contribution in [0.15, 0.2) is 0 Å². The molecule has 2 rings (SSSR count). The van der Waals surface area contributed by atoms with Gasteiger partial charge in [0, 0.05) is 6.04 Å². The zero-order valence-corrected chi connectivity index (χ0v) is 9.65. The fraction of sp³-hybridized carbons (Fsp3) is 1.00. The summed E-state index contributed by atoms with van der Waals surface area (Å²) in [5.74, 6) is 0. The molecular weight excluding hydrogens is 170 g/mol. The summed E-state index contributed by atoms with van der Waals surface area (Å²) in [6.45, 7) is 3.60. The minimum absolute atomic E-state index is 0.730. The molecule has 1 nitrogen and oxygen atoms in total. The average Bonchev–Trinajstić information content (AvgIpc) is 2.62. The Morgan fingerprint density at radius 3 is 3.00 bits per heavy atom. The minimum Gasteiger partial charge on any atom is -0.313 e. The van der Waals surface area contributed by atoms with Crippen molar-refractivity contribution in [3.05, 3.63) is 0 Å². The molecule has 2 atom stereocenters. The van der Waals surface area contributed by atoms with Gasteiger partial charge in [0.05, 0.1) is 0 Å². The van der Waals surface area contributed by atoms with Crippen LogP contribution >= 0.6 is 0 Å². The lowest BCUT2D eigenvalue weighted by Gasteiger charge is -2.39. The quantitative estimate of drug-likeness (QED) is 0.677. The zero-order valence-electron chi connectivity index (χ0n) is 9.65. The van der Waals surface area contributed by atoms with Crippen molar-refractivity contribution in [2.45, 2.75) is 70.8 Å².